The number of rotatable bonds is 3. The smallest absolute Gasteiger partial charge is 0.339 e. The molecule has 0 unspecified atom stereocenters. The maximum atomic E-state index is 12.0. The van der Waals surface area contributed by atoms with E-state index in [9.17, 15) is 13.2 Å². The summed E-state index contributed by atoms with van der Waals surface area (Å²) in [5.41, 5.74) is 2.73. The predicted molar refractivity (Wildman–Crippen MR) is 73.4 cm³/mol. The van der Waals surface area contributed by atoms with Gasteiger partial charge in [-0.15, -0.1) is 0 Å². The Morgan fingerprint density at radius 3 is 2.85 bits per heavy atom. The maximum absolute atomic E-state index is 12.0. The Morgan fingerprint density at radius 2 is 2.20 bits per heavy atom. The minimum Gasteiger partial charge on any atom is -0.462 e. The number of aryl methyl sites for hydroxylation is 1. The molecular weight excluding hydrogens is 278 g/mol. The van der Waals surface area contributed by atoms with E-state index in [0.717, 1.165) is 24.2 Å². The molecule has 3 rings (SSSR count). The van der Waals surface area contributed by atoms with Gasteiger partial charge in [-0.2, -0.15) is 0 Å². The Morgan fingerprint density at radius 1 is 1.45 bits per heavy atom. The second kappa shape index (κ2) is 4.84. The second-order valence-electron chi connectivity index (χ2n) is 5.36. The third-order valence-electron chi connectivity index (χ3n) is 3.71. The van der Waals surface area contributed by atoms with Crippen LogP contribution in [-0.4, -0.2) is 31.7 Å². The van der Waals surface area contributed by atoms with Crippen LogP contribution in [0.1, 0.15) is 53.0 Å². The van der Waals surface area contributed by atoms with Gasteiger partial charge in [-0.25, -0.2) is 13.2 Å². The van der Waals surface area contributed by atoms with Crippen molar-refractivity contribution < 1.29 is 17.9 Å². The molecule has 6 heteroatoms. The third-order valence-corrected chi connectivity index (χ3v) is 5.28. The Labute approximate surface area is 118 Å². The summed E-state index contributed by atoms with van der Waals surface area (Å²) in [7, 11) is -3.06. The highest BCUT2D eigenvalue weighted by Crippen LogP contribution is 2.41. The van der Waals surface area contributed by atoms with Gasteiger partial charge in [0.25, 0.3) is 0 Å². The summed E-state index contributed by atoms with van der Waals surface area (Å²) in [5, 5.41) is 0. The van der Waals surface area contributed by atoms with Crippen LogP contribution in [0.3, 0.4) is 0 Å². The molecule has 0 aromatic carbocycles. The number of fused-ring (bicyclic) bond motifs is 1. The number of sulfone groups is 1. The van der Waals surface area contributed by atoms with Crippen molar-refractivity contribution in [3.8, 4) is 0 Å². The number of ether oxygens (including phenoxy) is 1. The van der Waals surface area contributed by atoms with E-state index >= 15 is 0 Å². The lowest BCUT2D eigenvalue weighted by atomic mass is 10.0. The molecule has 0 spiro atoms. The van der Waals surface area contributed by atoms with Gasteiger partial charge in [0.05, 0.1) is 29.4 Å². The zero-order chi connectivity index (χ0) is 14.3. The molecule has 1 fully saturated rings. The van der Waals surface area contributed by atoms with E-state index in [4.69, 9.17) is 4.74 Å². The van der Waals surface area contributed by atoms with Crippen LogP contribution >= 0.6 is 0 Å². The third kappa shape index (κ3) is 2.57. The number of esters is 1. The minimum atomic E-state index is -3.06. The van der Waals surface area contributed by atoms with E-state index in [0.29, 0.717) is 30.1 Å². The molecule has 5 nitrogen and oxygen atoms in total. The standard InChI is InChI=1S/C14H17NO4S/c1-2-19-14(16)11-7-10-8-20(17,18)6-5-12(10)15-13(11)9-3-4-9/h7,9H,2-6,8H2,1H3. The molecule has 1 aromatic rings. The Kier molecular flexibility index (Phi) is 3.28. The van der Waals surface area contributed by atoms with Crippen molar-refractivity contribution in [3.05, 3.63) is 28.6 Å². The fourth-order valence-electron chi connectivity index (χ4n) is 2.55. The number of nitrogens with zero attached hydrogens (tertiary/aromatic N) is 1. The minimum absolute atomic E-state index is 0.0211. The highest BCUT2D eigenvalue weighted by atomic mass is 32.2. The molecule has 0 radical (unpaired) electrons. The van der Waals surface area contributed by atoms with Gasteiger partial charge in [-0.3, -0.25) is 4.98 Å². The number of hydrogen-bond acceptors (Lipinski definition) is 5. The number of carbonyl (C=O) groups excluding carboxylic acids is 1. The normalized spacial score (nSPS) is 20.2. The Balaban J connectivity index is 2.06. The van der Waals surface area contributed by atoms with Gasteiger partial charge < -0.3 is 4.74 Å². The number of pyridine rings is 1. The van der Waals surface area contributed by atoms with Crippen LogP contribution in [0, 0.1) is 0 Å². The molecule has 1 saturated carbocycles. The number of aromatic nitrogens is 1. The SMILES string of the molecule is CCOC(=O)c1cc2c(nc1C1CC1)CCS(=O)(=O)C2. The van der Waals surface area contributed by atoms with Gasteiger partial charge >= 0.3 is 5.97 Å². The van der Waals surface area contributed by atoms with Crippen LogP contribution in [0.15, 0.2) is 6.07 Å². The van der Waals surface area contributed by atoms with Gasteiger partial charge in [0.2, 0.25) is 0 Å². The first-order valence-corrected chi connectivity index (χ1v) is 8.72. The molecule has 20 heavy (non-hydrogen) atoms. The van der Waals surface area contributed by atoms with E-state index in [1.165, 1.54) is 0 Å². The summed E-state index contributed by atoms with van der Waals surface area (Å²) in [6.07, 6.45) is 2.52. The van der Waals surface area contributed by atoms with E-state index in [1.54, 1.807) is 13.0 Å². The highest BCUT2D eigenvalue weighted by molar-refractivity contribution is 7.90. The molecule has 0 bridgehead atoms. The average Bonchev–Trinajstić information content (AvgIpc) is 3.20. The lowest BCUT2D eigenvalue weighted by Crippen LogP contribution is -2.22. The quantitative estimate of drug-likeness (QED) is 0.792. The monoisotopic (exact) mass is 295 g/mol. The van der Waals surface area contributed by atoms with Gasteiger partial charge in [0.15, 0.2) is 9.84 Å². The fraction of sp³-hybridized carbons (Fsp3) is 0.571. The van der Waals surface area contributed by atoms with Gasteiger partial charge in [-0.1, -0.05) is 0 Å². The van der Waals surface area contributed by atoms with Gasteiger partial charge in [0, 0.05) is 18.0 Å². The van der Waals surface area contributed by atoms with E-state index in [1.807, 2.05) is 0 Å². The van der Waals surface area contributed by atoms with Crippen LogP contribution in [0.25, 0.3) is 0 Å². The van der Waals surface area contributed by atoms with Crippen LogP contribution in [-0.2, 0) is 26.7 Å². The first-order valence-electron chi connectivity index (χ1n) is 6.90. The molecule has 1 aliphatic heterocycles. The largest absolute Gasteiger partial charge is 0.462 e. The molecule has 0 amide bonds. The Bertz CT molecular complexity index is 662. The summed E-state index contributed by atoms with van der Waals surface area (Å²) in [6.45, 7) is 2.06. The zero-order valence-electron chi connectivity index (χ0n) is 11.4. The number of carbonyl (C=O) groups is 1. The number of hydrogen-bond donors (Lipinski definition) is 0. The Hall–Kier alpha value is -1.43. The van der Waals surface area contributed by atoms with E-state index in [2.05, 4.69) is 4.98 Å². The van der Waals surface area contributed by atoms with Crippen molar-refractivity contribution in [1.82, 2.24) is 4.98 Å². The lowest BCUT2D eigenvalue weighted by Gasteiger charge is -2.18. The van der Waals surface area contributed by atoms with Crippen molar-refractivity contribution >= 4 is 15.8 Å². The maximum Gasteiger partial charge on any atom is 0.339 e. The summed E-state index contributed by atoms with van der Waals surface area (Å²) in [4.78, 5) is 16.6. The van der Waals surface area contributed by atoms with Crippen LogP contribution in [0.2, 0.25) is 0 Å². The molecule has 0 N–H and O–H groups in total. The van der Waals surface area contributed by atoms with Gasteiger partial charge in [0.1, 0.15) is 0 Å². The zero-order valence-corrected chi connectivity index (χ0v) is 12.2. The molecule has 0 saturated heterocycles. The molecular formula is C14H17NO4S. The van der Waals surface area contributed by atoms with Crippen LogP contribution in [0.5, 0.6) is 0 Å². The summed E-state index contributed by atoms with van der Waals surface area (Å²) in [6, 6.07) is 1.69. The topological polar surface area (TPSA) is 73.3 Å². The summed E-state index contributed by atoms with van der Waals surface area (Å²) < 4.78 is 28.5. The molecule has 108 valence electrons. The van der Waals surface area contributed by atoms with Gasteiger partial charge in [-0.05, 0) is 31.4 Å². The fourth-order valence-corrected chi connectivity index (χ4v) is 3.92. The molecule has 2 aliphatic rings. The molecule has 1 aromatic heterocycles. The van der Waals surface area contributed by atoms with E-state index in [-0.39, 0.29) is 11.5 Å². The molecule has 0 atom stereocenters. The van der Waals surface area contributed by atoms with Crippen molar-refractivity contribution in [2.45, 2.75) is 37.9 Å². The van der Waals surface area contributed by atoms with E-state index < -0.39 is 15.8 Å². The summed E-state index contributed by atoms with van der Waals surface area (Å²) >= 11 is 0. The van der Waals surface area contributed by atoms with Crippen LogP contribution in [0.4, 0.5) is 0 Å². The first-order chi connectivity index (χ1) is 9.50. The van der Waals surface area contributed by atoms with Crippen molar-refractivity contribution in [2.75, 3.05) is 12.4 Å². The second-order valence-corrected chi connectivity index (χ2v) is 7.55. The lowest BCUT2D eigenvalue weighted by molar-refractivity contribution is 0.0524. The average molecular weight is 295 g/mol. The van der Waals surface area contributed by atoms with Crippen molar-refractivity contribution in [2.24, 2.45) is 0 Å². The highest BCUT2D eigenvalue weighted by Gasteiger charge is 2.33. The van der Waals surface area contributed by atoms with Crippen LogP contribution < -0.4 is 0 Å². The molecule has 2 heterocycles. The molecule has 1 aliphatic carbocycles. The van der Waals surface area contributed by atoms with Crippen molar-refractivity contribution in [3.63, 3.8) is 0 Å². The van der Waals surface area contributed by atoms with Crippen molar-refractivity contribution in [1.29, 1.82) is 0 Å². The first kappa shape index (κ1) is 13.5. The predicted octanol–water partition coefficient (Wildman–Crippen LogP) is 1.61. The summed E-state index contributed by atoms with van der Waals surface area (Å²) in [5.74, 6) is 0.0636.